The van der Waals surface area contributed by atoms with E-state index in [-0.39, 0.29) is 0 Å². The number of carbonyl (C=O) groups excluding carboxylic acids is 1. The summed E-state index contributed by atoms with van der Waals surface area (Å²) in [5, 5.41) is 10.9. The topological polar surface area (TPSA) is 66.5 Å². The molecule has 0 N–H and O–H groups in total. The fraction of sp³-hybridized carbons (Fsp3) is 0.167. The lowest BCUT2D eigenvalue weighted by atomic mass is 10.1. The Morgan fingerprint density at radius 1 is 1.55 bits per heavy atom. The number of nitrogens with zero attached hydrogens (tertiary/aromatic N) is 4. The summed E-state index contributed by atoms with van der Waals surface area (Å²) in [6.45, 7) is 0. The minimum atomic E-state index is 0.447. The normalized spacial score (nSPS) is 20.2. The van der Waals surface area contributed by atoms with Crippen LogP contribution in [0.5, 0.6) is 0 Å². The number of rotatable bonds is 1. The van der Waals surface area contributed by atoms with Crippen molar-refractivity contribution in [1.29, 1.82) is 0 Å². The predicted octanol–water partition coefficient (Wildman–Crippen LogP) is 0.693. The summed E-state index contributed by atoms with van der Waals surface area (Å²) in [5.41, 5.74) is 1.86. The highest BCUT2D eigenvalue weighted by molar-refractivity contribution is 6.35. The molecule has 2 heterocycles. The zero-order valence-corrected chi connectivity index (χ0v) is 5.56. The molecule has 0 atom stereocenters. The molecule has 0 saturated carbocycles. The smallest absolute Gasteiger partial charge is 0.164 e. The Hall–Kier alpha value is -1.65. The van der Waals surface area contributed by atoms with Crippen LogP contribution in [0.4, 0.5) is 0 Å². The third kappa shape index (κ3) is 0.899. The molecule has 0 aromatic heterocycles. The van der Waals surface area contributed by atoms with Gasteiger partial charge in [0.1, 0.15) is 11.4 Å². The van der Waals surface area contributed by atoms with Crippen LogP contribution in [-0.4, -0.2) is 17.7 Å². The zero-order chi connectivity index (χ0) is 7.68. The minimum Gasteiger partial charge on any atom is -0.297 e. The van der Waals surface area contributed by atoms with Crippen LogP contribution in [0, 0.1) is 0 Å². The molecular weight excluding hydrogens is 144 g/mol. The number of aliphatic imine (C=N–C) groups is 1. The lowest BCUT2D eigenvalue weighted by Gasteiger charge is -2.02. The number of carbonyl (C=O) groups is 1. The molecule has 0 aromatic rings. The summed E-state index contributed by atoms with van der Waals surface area (Å²) in [6, 6.07) is 0. The Balaban J connectivity index is 2.37. The van der Waals surface area contributed by atoms with Gasteiger partial charge in [0.25, 0.3) is 0 Å². The average molecular weight is 148 g/mol. The van der Waals surface area contributed by atoms with Crippen molar-refractivity contribution in [3.05, 3.63) is 11.9 Å². The standard InChI is InChI=1S/C6H4N4O/c11-3-4-1-5-6(2-7-4)9-10-8-5/h2-3H,1H2. The molecule has 0 aromatic carbocycles. The molecule has 0 aliphatic carbocycles. The summed E-state index contributed by atoms with van der Waals surface area (Å²) in [5.74, 6) is 0. The molecule has 2 aliphatic rings. The third-order valence-electron chi connectivity index (χ3n) is 1.45. The van der Waals surface area contributed by atoms with Gasteiger partial charge in [-0.3, -0.25) is 9.79 Å². The maximum Gasteiger partial charge on any atom is 0.164 e. The largest absolute Gasteiger partial charge is 0.297 e. The van der Waals surface area contributed by atoms with Gasteiger partial charge in [-0.15, -0.1) is 10.2 Å². The number of hydrogen-bond acceptors (Lipinski definition) is 5. The molecular formula is C6H4N4O. The number of fused-ring (bicyclic) bond motifs is 1. The predicted molar refractivity (Wildman–Crippen MR) is 38.5 cm³/mol. The molecule has 5 nitrogen and oxygen atoms in total. The van der Waals surface area contributed by atoms with Crippen molar-refractivity contribution in [1.82, 2.24) is 0 Å². The molecule has 0 spiro atoms. The lowest BCUT2D eigenvalue weighted by molar-refractivity contribution is -0.102. The van der Waals surface area contributed by atoms with Gasteiger partial charge in [0.15, 0.2) is 6.29 Å². The van der Waals surface area contributed by atoms with E-state index in [0.29, 0.717) is 24.1 Å². The van der Waals surface area contributed by atoms with Crippen molar-refractivity contribution >= 4 is 17.7 Å². The van der Waals surface area contributed by atoms with Crippen molar-refractivity contribution in [2.45, 2.75) is 6.42 Å². The van der Waals surface area contributed by atoms with E-state index in [4.69, 9.17) is 0 Å². The van der Waals surface area contributed by atoms with E-state index in [2.05, 4.69) is 20.4 Å². The van der Waals surface area contributed by atoms with Crippen molar-refractivity contribution < 1.29 is 4.79 Å². The third-order valence-corrected chi connectivity index (χ3v) is 1.45. The Kier molecular flexibility index (Phi) is 1.21. The van der Waals surface area contributed by atoms with Crippen molar-refractivity contribution in [3.8, 4) is 0 Å². The molecule has 54 valence electrons. The first-order chi connectivity index (χ1) is 5.40. The van der Waals surface area contributed by atoms with E-state index in [1.165, 1.54) is 6.20 Å². The van der Waals surface area contributed by atoms with Gasteiger partial charge in [-0.2, -0.15) is 0 Å². The summed E-state index contributed by atoms with van der Waals surface area (Å²) in [4.78, 5) is 14.1. The van der Waals surface area contributed by atoms with Crippen molar-refractivity contribution in [2.24, 2.45) is 20.4 Å². The van der Waals surface area contributed by atoms with Gasteiger partial charge in [0.05, 0.1) is 11.9 Å². The van der Waals surface area contributed by atoms with Crippen LogP contribution in [0.15, 0.2) is 32.3 Å². The summed E-state index contributed by atoms with van der Waals surface area (Å²) >= 11 is 0. The SMILES string of the molecule is O=CC1=NC=C2N=NN=C2C1. The first kappa shape index (κ1) is 6.09. The summed E-state index contributed by atoms with van der Waals surface area (Å²) < 4.78 is 0. The van der Waals surface area contributed by atoms with Gasteiger partial charge in [-0.1, -0.05) is 0 Å². The quantitative estimate of drug-likeness (QED) is 0.504. The molecule has 0 unspecified atom stereocenters. The summed E-state index contributed by atoms with van der Waals surface area (Å²) in [7, 11) is 0. The lowest BCUT2D eigenvalue weighted by Crippen LogP contribution is -2.12. The van der Waals surface area contributed by atoms with Gasteiger partial charge < -0.3 is 0 Å². The molecule has 5 heteroatoms. The number of aldehydes is 1. The van der Waals surface area contributed by atoms with Gasteiger partial charge in [0.2, 0.25) is 0 Å². The van der Waals surface area contributed by atoms with Crippen LogP contribution in [0.1, 0.15) is 6.42 Å². The average Bonchev–Trinajstić information content (AvgIpc) is 2.50. The first-order valence-electron chi connectivity index (χ1n) is 3.10. The summed E-state index contributed by atoms with van der Waals surface area (Å²) in [6.07, 6.45) is 2.67. The van der Waals surface area contributed by atoms with E-state index >= 15 is 0 Å². The van der Waals surface area contributed by atoms with Crippen LogP contribution in [0.3, 0.4) is 0 Å². The second-order valence-electron chi connectivity index (χ2n) is 2.17. The Bertz CT molecular complexity index is 323. The van der Waals surface area contributed by atoms with Gasteiger partial charge in [-0.05, 0) is 5.22 Å². The molecule has 0 amide bonds. The van der Waals surface area contributed by atoms with E-state index in [1.54, 1.807) is 0 Å². The second kappa shape index (κ2) is 2.19. The first-order valence-corrected chi connectivity index (χ1v) is 3.10. The van der Waals surface area contributed by atoms with Crippen molar-refractivity contribution in [3.63, 3.8) is 0 Å². The number of allylic oxidation sites excluding steroid dienone is 1. The molecule has 2 aliphatic heterocycles. The van der Waals surface area contributed by atoms with Crippen LogP contribution in [0.25, 0.3) is 0 Å². The molecule has 0 saturated heterocycles. The molecule has 0 fully saturated rings. The molecule has 11 heavy (non-hydrogen) atoms. The molecule has 0 bridgehead atoms. The fourth-order valence-corrected chi connectivity index (χ4v) is 0.893. The van der Waals surface area contributed by atoms with Crippen LogP contribution >= 0.6 is 0 Å². The minimum absolute atomic E-state index is 0.447. The van der Waals surface area contributed by atoms with Gasteiger partial charge in [0, 0.05) is 6.42 Å². The fourth-order valence-electron chi connectivity index (χ4n) is 0.893. The highest BCUT2D eigenvalue weighted by Gasteiger charge is 2.17. The maximum absolute atomic E-state index is 10.3. The van der Waals surface area contributed by atoms with E-state index in [0.717, 1.165) is 5.71 Å². The molecule has 2 rings (SSSR count). The zero-order valence-electron chi connectivity index (χ0n) is 5.56. The molecule has 0 radical (unpaired) electrons. The van der Waals surface area contributed by atoms with E-state index in [9.17, 15) is 4.79 Å². The van der Waals surface area contributed by atoms with Gasteiger partial charge >= 0.3 is 0 Å². The van der Waals surface area contributed by atoms with E-state index < -0.39 is 0 Å². The maximum atomic E-state index is 10.3. The highest BCUT2D eigenvalue weighted by atomic mass is 16.1. The van der Waals surface area contributed by atoms with Crippen LogP contribution < -0.4 is 0 Å². The van der Waals surface area contributed by atoms with Crippen LogP contribution in [0.2, 0.25) is 0 Å². The highest BCUT2D eigenvalue weighted by Crippen LogP contribution is 2.16. The number of hydrogen-bond donors (Lipinski definition) is 0. The van der Waals surface area contributed by atoms with Crippen molar-refractivity contribution in [2.75, 3.05) is 0 Å². The monoisotopic (exact) mass is 148 g/mol. The van der Waals surface area contributed by atoms with Crippen LogP contribution in [-0.2, 0) is 4.79 Å². The Morgan fingerprint density at radius 3 is 3.27 bits per heavy atom. The Labute approximate surface area is 62.2 Å². The van der Waals surface area contributed by atoms with Gasteiger partial charge in [-0.25, -0.2) is 0 Å². The second-order valence-corrected chi connectivity index (χ2v) is 2.17. The van der Waals surface area contributed by atoms with E-state index in [1.807, 2.05) is 0 Å². The Morgan fingerprint density at radius 2 is 2.45 bits per heavy atom.